The van der Waals surface area contributed by atoms with Gasteiger partial charge in [-0.05, 0) is 17.7 Å². The summed E-state index contributed by atoms with van der Waals surface area (Å²) in [6.45, 7) is 0. The molecule has 2 aromatic rings. The third kappa shape index (κ3) is 2.93. The van der Waals surface area contributed by atoms with Crippen LogP contribution >= 0.6 is 11.3 Å². The molecule has 0 aliphatic rings. The number of nitriles is 1. The second-order valence-corrected chi connectivity index (χ2v) is 4.89. The first-order valence-corrected chi connectivity index (χ1v) is 6.18. The summed E-state index contributed by atoms with van der Waals surface area (Å²) >= 11 is 1.62. The lowest BCUT2D eigenvalue weighted by molar-refractivity contribution is 1.15. The molecule has 90 valence electrons. The quantitative estimate of drug-likeness (QED) is 0.847. The lowest BCUT2D eigenvalue weighted by Crippen LogP contribution is -2.05. The van der Waals surface area contributed by atoms with Crippen LogP contribution in [0.4, 0.5) is 5.00 Å². The maximum Gasteiger partial charge on any atom is 0.140 e. The number of aromatic nitrogens is 2. The highest BCUT2D eigenvalue weighted by atomic mass is 32.1. The maximum absolute atomic E-state index is 8.65. The van der Waals surface area contributed by atoms with E-state index in [1.165, 1.54) is 0 Å². The lowest BCUT2D eigenvalue weighted by Gasteiger charge is -2.05. The largest absolute Gasteiger partial charge is 0.368 e. The zero-order valence-corrected chi connectivity index (χ0v) is 11.0. The number of pyridine rings is 1. The molecule has 0 aliphatic heterocycles. The molecule has 0 atom stereocenters. The highest BCUT2D eigenvalue weighted by Gasteiger charge is 2.00. The molecule has 0 bridgehead atoms. The number of nitrogens with zero attached hydrogens (tertiary/aromatic N) is 4. The van der Waals surface area contributed by atoms with E-state index < -0.39 is 0 Å². The average Bonchev–Trinajstić information content (AvgIpc) is 2.86. The summed E-state index contributed by atoms with van der Waals surface area (Å²) in [5.41, 5.74) is 1.38. The van der Waals surface area contributed by atoms with Gasteiger partial charge in [0.2, 0.25) is 0 Å². The Labute approximate surface area is 110 Å². The van der Waals surface area contributed by atoms with Crippen molar-refractivity contribution >= 4 is 28.5 Å². The molecule has 0 aromatic carbocycles. The van der Waals surface area contributed by atoms with Crippen molar-refractivity contribution in [3.05, 3.63) is 40.8 Å². The molecule has 2 aromatic heterocycles. The van der Waals surface area contributed by atoms with Crippen molar-refractivity contribution in [2.45, 2.75) is 0 Å². The monoisotopic (exact) mass is 256 g/mol. The highest BCUT2D eigenvalue weighted by Crippen LogP contribution is 2.22. The molecule has 2 heterocycles. The van der Waals surface area contributed by atoms with Gasteiger partial charge in [-0.2, -0.15) is 5.26 Å². The Morgan fingerprint density at radius 2 is 2.06 bits per heavy atom. The summed E-state index contributed by atoms with van der Waals surface area (Å²) in [7, 11) is 3.98. The second kappa shape index (κ2) is 5.43. The van der Waals surface area contributed by atoms with E-state index in [4.69, 9.17) is 5.26 Å². The Balaban J connectivity index is 2.12. The third-order valence-corrected chi connectivity index (χ3v) is 3.40. The predicted octanol–water partition coefficient (Wildman–Crippen LogP) is 2.65. The van der Waals surface area contributed by atoms with Crippen molar-refractivity contribution in [2.24, 2.45) is 0 Å². The van der Waals surface area contributed by atoms with E-state index >= 15 is 0 Å². The van der Waals surface area contributed by atoms with E-state index in [9.17, 15) is 0 Å². The van der Waals surface area contributed by atoms with Crippen LogP contribution < -0.4 is 4.90 Å². The number of thiazole rings is 1. The van der Waals surface area contributed by atoms with E-state index in [0.29, 0.717) is 5.69 Å². The molecule has 0 amide bonds. The van der Waals surface area contributed by atoms with Crippen LogP contribution in [-0.4, -0.2) is 24.1 Å². The Morgan fingerprint density at radius 3 is 2.61 bits per heavy atom. The smallest absolute Gasteiger partial charge is 0.140 e. The van der Waals surface area contributed by atoms with E-state index in [2.05, 4.69) is 9.97 Å². The van der Waals surface area contributed by atoms with Crippen LogP contribution in [-0.2, 0) is 0 Å². The summed E-state index contributed by atoms with van der Waals surface area (Å²) in [6, 6.07) is 5.56. The molecule has 4 nitrogen and oxygen atoms in total. The zero-order chi connectivity index (χ0) is 13.0. The molecule has 5 heteroatoms. The highest BCUT2D eigenvalue weighted by molar-refractivity contribution is 7.16. The molecule has 0 unspecified atom stereocenters. The first-order chi connectivity index (χ1) is 8.69. The minimum atomic E-state index is 0.427. The van der Waals surface area contributed by atoms with Crippen molar-refractivity contribution in [2.75, 3.05) is 19.0 Å². The van der Waals surface area contributed by atoms with Gasteiger partial charge in [-0.15, -0.1) is 0 Å². The number of anilines is 1. The van der Waals surface area contributed by atoms with Gasteiger partial charge >= 0.3 is 0 Å². The minimum Gasteiger partial charge on any atom is -0.368 e. The van der Waals surface area contributed by atoms with Gasteiger partial charge in [-0.3, -0.25) is 0 Å². The molecule has 18 heavy (non-hydrogen) atoms. The van der Waals surface area contributed by atoms with Crippen molar-refractivity contribution in [1.29, 1.82) is 5.26 Å². The fraction of sp³-hybridized carbons (Fsp3) is 0.154. The SMILES string of the molecule is CN(C)c1cnc(/C=C/c2ccc(C#N)nc2)s1. The van der Waals surface area contributed by atoms with Gasteiger partial charge in [0.25, 0.3) is 0 Å². The molecule has 0 saturated carbocycles. The van der Waals surface area contributed by atoms with Crippen molar-refractivity contribution in [1.82, 2.24) is 9.97 Å². The number of hydrogen-bond donors (Lipinski definition) is 0. The molecule has 0 fully saturated rings. The molecule has 0 saturated heterocycles. The Bertz CT molecular complexity index is 590. The first-order valence-electron chi connectivity index (χ1n) is 5.36. The van der Waals surface area contributed by atoms with Gasteiger partial charge in [0.15, 0.2) is 0 Å². The molecular formula is C13H12N4S. The lowest BCUT2D eigenvalue weighted by atomic mass is 10.2. The maximum atomic E-state index is 8.65. The molecule has 0 radical (unpaired) electrons. The minimum absolute atomic E-state index is 0.427. The van der Waals surface area contributed by atoms with Gasteiger partial charge in [0.05, 0.1) is 6.20 Å². The molecule has 0 aliphatic carbocycles. The first kappa shape index (κ1) is 12.3. The van der Waals surface area contributed by atoms with Crippen LogP contribution in [0.2, 0.25) is 0 Å². The average molecular weight is 256 g/mol. The summed E-state index contributed by atoms with van der Waals surface area (Å²) in [5, 5.41) is 10.7. The summed E-state index contributed by atoms with van der Waals surface area (Å²) in [5.74, 6) is 0. The van der Waals surface area contributed by atoms with E-state index in [1.807, 2.05) is 49.5 Å². The normalized spacial score (nSPS) is 10.5. The topological polar surface area (TPSA) is 52.8 Å². The van der Waals surface area contributed by atoms with Crippen LogP contribution in [0.5, 0.6) is 0 Å². The molecule has 0 spiro atoms. The van der Waals surface area contributed by atoms with Crippen LogP contribution in [0.15, 0.2) is 24.5 Å². The fourth-order valence-electron chi connectivity index (χ4n) is 1.30. The Kier molecular flexibility index (Phi) is 3.70. The standard InChI is InChI=1S/C13H12N4S/c1-17(2)13-9-16-12(18-13)6-4-10-3-5-11(7-14)15-8-10/h3-6,8-9H,1-2H3/b6-4+. The van der Waals surface area contributed by atoms with Crippen molar-refractivity contribution in [3.63, 3.8) is 0 Å². The third-order valence-electron chi connectivity index (χ3n) is 2.27. The van der Waals surface area contributed by atoms with Crippen molar-refractivity contribution < 1.29 is 0 Å². The summed E-state index contributed by atoms with van der Waals surface area (Å²) in [6.07, 6.45) is 7.41. The fourth-order valence-corrected chi connectivity index (χ4v) is 2.04. The van der Waals surface area contributed by atoms with E-state index in [0.717, 1.165) is 15.6 Å². The predicted molar refractivity (Wildman–Crippen MR) is 74.3 cm³/mol. The number of rotatable bonds is 3. The molecular weight excluding hydrogens is 244 g/mol. The van der Waals surface area contributed by atoms with Gasteiger partial charge in [0.1, 0.15) is 21.8 Å². The Morgan fingerprint density at radius 1 is 1.22 bits per heavy atom. The van der Waals surface area contributed by atoms with Gasteiger partial charge in [0, 0.05) is 20.3 Å². The Hall–Kier alpha value is -2.19. The van der Waals surface area contributed by atoms with Crippen molar-refractivity contribution in [3.8, 4) is 6.07 Å². The number of hydrogen-bond acceptors (Lipinski definition) is 5. The van der Waals surface area contributed by atoms with E-state index in [1.54, 1.807) is 23.6 Å². The van der Waals surface area contributed by atoms with Crippen LogP contribution in [0.3, 0.4) is 0 Å². The van der Waals surface area contributed by atoms with Gasteiger partial charge in [-0.1, -0.05) is 23.5 Å². The molecule has 0 N–H and O–H groups in total. The molecule has 2 rings (SSSR count). The van der Waals surface area contributed by atoms with Gasteiger partial charge in [-0.25, -0.2) is 9.97 Å². The van der Waals surface area contributed by atoms with Crippen LogP contribution in [0, 0.1) is 11.3 Å². The van der Waals surface area contributed by atoms with E-state index in [-0.39, 0.29) is 0 Å². The van der Waals surface area contributed by atoms with Gasteiger partial charge < -0.3 is 4.90 Å². The van der Waals surface area contributed by atoms with Crippen LogP contribution in [0.25, 0.3) is 12.2 Å². The second-order valence-electron chi connectivity index (χ2n) is 3.85. The van der Waals surface area contributed by atoms with Crippen LogP contribution in [0.1, 0.15) is 16.3 Å². The summed E-state index contributed by atoms with van der Waals surface area (Å²) in [4.78, 5) is 10.3. The summed E-state index contributed by atoms with van der Waals surface area (Å²) < 4.78 is 0. The zero-order valence-electron chi connectivity index (χ0n) is 10.2.